The second-order valence-corrected chi connectivity index (χ2v) is 8.65. The SMILES string of the molecule is CCCCn1c(=O)[nH]c(=O)c2c1nc(COC(=O)c1cnn(C)c1-n1c(C)ccc1C)n2CCC. The number of fused-ring (bicyclic) bond motifs is 1. The molecule has 0 aliphatic rings. The third kappa shape index (κ3) is 4.33. The summed E-state index contributed by atoms with van der Waals surface area (Å²) in [5.74, 6) is 0.477. The van der Waals surface area contributed by atoms with Gasteiger partial charge in [0.05, 0.1) is 6.20 Å². The molecule has 35 heavy (non-hydrogen) atoms. The van der Waals surface area contributed by atoms with Crippen molar-refractivity contribution in [1.29, 1.82) is 0 Å². The van der Waals surface area contributed by atoms with E-state index in [2.05, 4.69) is 15.1 Å². The van der Waals surface area contributed by atoms with Crippen molar-refractivity contribution in [1.82, 2.24) is 33.4 Å². The van der Waals surface area contributed by atoms with Crippen LogP contribution in [0.25, 0.3) is 17.0 Å². The lowest BCUT2D eigenvalue weighted by molar-refractivity contribution is 0.0458. The Morgan fingerprint density at radius 3 is 2.43 bits per heavy atom. The number of aromatic nitrogens is 7. The fourth-order valence-corrected chi connectivity index (χ4v) is 4.37. The van der Waals surface area contributed by atoms with Gasteiger partial charge in [0.2, 0.25) is 0 Å². The lowest BCUT2D eigenvalue weighted by Crippen LogP contribution is -2.31. The largest absolute Gasteiger partial charge is 0.454 e. The van der Waals surface area contributed by atoms with E-state index in [1.54, 1.807) is 16.3 Å². The van der Waals surface area contributed by atoms with E-state index in [-0.39, 0.29) is 6.61 Å². The molecule has 0 aliphatic carbocycles. The van der Waals surface area contributed by atoms with Crippen molar-refractivity contribution in [3.63, 3.8) is 0 Å². The lowest BCUT2D eigenvalue weighted by atomic mass is 10.3. The highest BCUT2D eigenvalue weighted by Gasteiger charge is 2.23. The number of ether oxygens (including phenoxy) is 1. The van der Waals surface area contributed by atoms with Crippen LogP contribution in [0.15, 0.2) is 27.9 Å². The summed E-state index contributed by atoms with van der Waals surface area (Å²) in [6, 6.07) is 3.94. The lowest BCUT2D eigenvalue weighted by Gasteiger charge is -2.12. The minimum Gasteiger partial charge on any atom is -0.454 e. The van der Waals surface area contributed by atoms with E-state index >= 15 is 0 Å². The Balaban J connectivity index is 1.71. The standard InChI is InChI=1S/C24H31N7O4/c1-6-8-12-30-20-19(21(32)27-24(30)34)29(11-7-2)18(26-20)14-35-23(33)17-13-25-28(5)22(17)31-15(3)9-10-16(31)4/h9-10,13H,6-8,11-12,14H2,1-5H3,(H,27,32,34). The van der Waals surface area contributed by atoms with Crippen LogP contribution >= 0.6 is 0 Å². The number of esters is 1. The van der Waals surface area contributed by atoms with Gasteiger partial charge in [-0.15, -0.1) is 0 Å². The molecule has 1 N–H and O–H groups in total. The van der Waals surface area contributed by atoms with Gasteiger partial charge < -0.3 is 13.9 Å². The molecule has 11 heteroatoms. The zero-order valence-corrected chi connectivity index (χ0v) is 20.8. The number of hydrogen-bond acceptors (Lipinski definition) is 6. The predicted molar refractivity (Wildman–Crippen MR) is 131 cm³/mol. The van der Waals surface area contributed by atoms with E-state index in [9.17, 15) is 14.4 Å². The van der Waals surface area contributed by atoms with Crippen LogP contribution in [0, 0.1) is 13.8 Å². The molecule has 0 amide bonds. The third-order valence-corrected chi connectivity index (χ3v) is 6.09. The number of carbonyl (C=O) groups is 1. The van der Waals surface area contributed by atoms with Crippen LogP contribution in [0.2, 0.25) is 0 Å². The number of imidazole rings is 1. The summed E-state index contributed by atoms with van der Waals surface area (Å²) >= 11 is 0. The summed E-state index contributed by atoms with van der Waals surface area (Å²) in [4.78, 5) is 45.3. The number of rotatable bonds is 9. The Hall–Kier alpha value is -3.89. The highest BCUT2D eigenvalue weighted by molar-refractivity contribution is 5.92. The first-order chi connectivity index (χ1) is 16.8. The van der Waals surface area contributed by atoms with Crippen LogP contribution in [-0.4, -0.2) is 39.4 Å². The number of carbonyl (C=O) groups excluding carboxylic acids is 1. The predicted octanol–water partition coefficient (Wildman–Crippen LogP) is 2.59. The highest BCUT2D eigenvalue weighted by atomic mass is 16.5. The quantitative estimate of drug-likeness (QED) is 0.367. The van der Waals surface area contributed by atoms with Crippen molar-refractivity contribution in [2.45, 2.75) is 66.7 Å². The molecule has 0 fully saturated rings. The second-order valence-electron chi connectivity index (χ2n) is 8.65. The van der Waals surface area contributed by atoms with Gasteiger partial charge in [-0.1, -0.05) is 20.3 Å². The van der Waals surface area contributed by atoms with Gasteiger partial charge in [0.1, 0.15) is 23.8 Å². The first kappa shape index (κ1) is 24.2. The van der Waals surface area contributed by atoms with Gasteiger partial charge in [0, 0.05) is 31.5 Å². The first-order valence-electron chi connectivity index (χ1n) is 11.8. The van der Waals surface area contributed by atoms with Crippen LogP contribution in [0.5, 0.6) is 0 Å². The van der Waals surface area contributed by atoms with Crippen LogP contribution in [0.1, 0.15) is 60.7 Å². The Bertz CT molecular complexity index is 1480. The molecule has 0 unspecified atom stereocenters. The minimum atomic E-state index is -0.548. The first-order valence-corrected chi connectivity index (χ1v) is 11.8. The molecule has 0 radical (unpaired) electrons. The van der Waals surface area contributed by atoms with Crippen molar-refractivity contribution in [2.24, 2.45) is 7.05 Å². The molecule has 0 bridgehead atoms. The maximum absolute atomic E-state index is 13.1. The molecule has 0 saturated heterocycles. The van der Waals surface area contributed by atoms with E-state index in [1.807, 2.05) is 44.4 Å². The van der Waals surface area contributed by atoms with Gasteiger partial charge in [0.25, 0.3) is 5.56 Å². The number of nitrogens with zero attached hydrogens (tertiary/aromatic N) is 6. The topological polar surface area (TPSA) is 122 Å². The average Bonchev–Trinajstić information content (AvgIpc) is 3.47. The summed E-state index contributed by atoms with van der Waals surface area (Å²) in [5.41, 5.74) is 1.90. The molecule has 4 rings (SSSR count). The average molecular weight is 482 g/mol. The van der Waals surface area contributed by atoms with Gasteiger partial charge in [0.15, 0.2) is 11.2 Å². The number of H-pyrrole nitrogens is 1. The number of hydrogen-bond donors (Lipinski definition) is 1. The molecular formula is C24H31N7O4. The molecule has 0 aromatic carbocycles. The maximum atomic E-state index is 13.1. The van der Waals surface area contributed by atoms with Gasteiger partial charge >= 0.3 is 11.7 Å². The van der Waals surface area contributed by atoms with E-state index in [4.69, 9.17) is 4.74 Å². The van der Waals surface area contributed by atoms with Gasteiger partial charge in [-0.25, -0.2) is 14.6 Å². The van der Waals surface area contributed by atoms with Crippen molar-refractivity contribution in [3.05, 3.63) is 61.9 Å². The van der Waals surface area contributed by atoms with E-state index in [1.165, 1.54) is 10.8 Å². The van der Waals surface area contributed by atoms with Crippen molar-refractivity contribution in [2.75, 3.05) is 0 Å². The van der Waals surface area contributed by atoms with Crippen molar-refractivity contribution < 1.29 is 9.53 Å². The third-order valence-electron chi connectivity index (χ3n) is 6.09. The Kier molecular flexibility index (Phi) is 6.77. The van der Waals surface area contributed by atoms with Crippen LogP contribution in [0.3, 0.4) is 0 Å². The summed E-state index contributed by atoms with van der Waals surface area (Å²) in [5, 5.41) is 4.26. The van der Waals surface area contributed by atoms with Crippen molar-refractivity contribution in [3.8, 4) is 5.82 Å². The van der Waals surface area contributed by atoms with Crippen LogP contribution < -0.4 is 11.2 Å². The smallest absolute Gasteiger partial charge is 0.344 e. The molecule has 186 valence electrons. The molecular weight excluding hydrogens is 450 g/mol. The molecule has 4 heterocycles. The van der Waals surface area contributed by atoms with Gasteiger partial charge in [-0.3, -0.25) is 19.0 Å². The van der Waals surface area contributed by atoms with E-state index in [0.29, 0.717) is 41.5 Å². The summed E-state index contributed by atoms with van der Waals surface area (Å²) < 4.78 is 12.5. The van der Waals surface area contributed by atoms with Crippen molar-refractivity contribution >= 4 is 17.1 Å². The fraction of sp³-hybridized carbons (Fsp3) is 0.458. The maximum Gasteiger partial charge on any atom is 0.344 e. The number of aromatic amines is 1. The van der Waals surface area contributed by atoms with Gasteiger partial charge in [-0.05, 0) is 38.8 Å². The van der Waals surface area contributed by atoms with Gasteiger partial charge in [-0.2, -0.15) is 5.10 Å². The number of unbranched alkanes of at least 4 members (excludes halogenated alkanes) is 1. The van der Waals surface area contributed by atoms with E-state index in [0.717, 1.165) is 30.7 Å². The Morgan fingerprint density at radius 1 is 1.06 bits per heavy atom. The molecule has 4 aromatic rings. The summed E-state index contributed by atoms with van der Waals surface area (Å²) in [6.45, 7) is 8.71. The Morgan fingerprint density at radius 2 is 1.77 bits per heavy atom. The number of nitrogens with one attached hydrogen (secondary N) is 1. The summed E-state index contributed by atoms with van der Waals surface area (Å²) in [7, 11) is 1.77. The molecule has 0 saturated carbocycles. The summed E-state index contributed by atoms with van der Waals surface area (Å²) in [6.07, 6.45) is 3.88. The molecule has 4 aromatic heterocycles. The normalized spacial score (nSPS) is 11.5. The molecule has 0 atom stereocenters. The second kappa shape index (κ2) is 9.77. The minimum absolute atomic E-state index is 0.146. The molecule has 0 spiro atoms. The fourth-order valence-electron chi connectivity index (χ4n) is 4.37. The Labute approximate surface area is 202 Å². The molecule has 11 nitrogen and oxygen atoms in total. The van der Waals surface area contributed by atoms with Crippen LogP contribution in [0.4, 0.5) is 0 Å². The van der Waals surface area contributed by atoms with Crippen LogP contribution in [-0.2, 0) is 31.5 Å². The van der Waals surface area contributed by atoms with E-state index < -0.39 is 17.2 Å². The monoisotopic (exact) mass is 481 g/mol. The molecule has 0 aliphatic heterocycles. The highest BCUT2D eigenvalue weighted by Crippen LogP contribution is 2.21. The zero-order chi connectivity index (χ0) is 25.3. The zero-order valence-electron chi connectivity index (χ0n) is 20.8. The number of aryl methyl sites for hydroxylation is 5.